The van der Waals surface area contributed by atoms with E-state index in [1.165, 1.54) is 13.2 Å². The van der Waals surface area contributed by atoms with Gasteiger partial charge in [0, 0.05) is 12.0 Å². The molecule has 2 rings (SSSR count). The Labute approximate surface area is 144 Å². The fraction of sp³-hybridized carbons (Fsp3) is 0.312. The van der Waals surface area contributed by atoms with E-state index in [2.05, 4.69) is 15.2 Å². The molecule has 0 amide bonds. The number of carboxylic acids is 1. The molecule has 24 heavy (non-hydrogen) atoms. The van der Waals surface area contributed by atoms with Crippen LogP contribution in [-0.2, 0) is 11.2 Å². The van der Waals surface area contributed by atoms with Crippen molar-refractivity contribution in [2.24, 2.45) is 0 Å². The topological polar surface area (TPSA) is 97.3 Å². The van der Waals surface area contributed by atoms with Crippen LogP contribution in [0, 0.1) is 0 Å². The number of methoxy groups -OCH3 is 2. The Kier molecular flexibility index (Phi) is 6.25. The van der Waals surface area contributed by atoms with Crippen molar-refractivity contribution < 1.29 is 19.4 Å². The third-order valence-corrected chi connectivity index (χ3v) is 4.01. The Balaban J connectivity index is 2.32. The maximum atomic E-state index is 11.6. The van der Waals surface area contributed by atoms with E-state index in [1.807, 2.05) is 6.92 Å². The van der Waals surface area contributed by atoms with Gasteiger partial charge in [-0.25, -0.2) is 9.78 Å². The van der Waals surface area contributed by atoms with Crippen LogP contribution in [0.5, 0.6) is 11.5 Å². The minimum atomic E-state index is -1.06. The van der Waals surface area contributed by atoms with Crippen molar-refractivity contribution in [2.75, 3.05) is 14.2 Å². The smallest absolute Gasteiger partial charge is 0.342 e. The molecule has 0 radical (unpaired) electrons. The molecule has 0 aliphatic rings. The molecule has 1 heterocycles. The molecule has 1 aromatic heterocycles. The van der Waals surface area contributed by atoms with Crippen LogP contribution >= 0.6 is 11.8 Å². The molecule has 0 atom stereocenters. The Bertz CT molecular complexity index is 743. The van der Waals surface area contributed by atoms with Gasteiger partial charge < -0.3 is 14.6 Å². The molecule has 2 aromatic rings. The summed E-state index contributed by atoms with van der Waals surface area (Å²) in [4.78, 5) is 15.9. The van der Waals surface area contributed by atoms with E-state index in [0.717, 1.165) is 30.4 Å². The van der Waals surface area contributed by atoms with Gasteiger partial charge in [0.2, 0.25) is 5.16 Å². The number of carboxylic acid groups (broad SMARTS) is 1. The monoisotopic (exact) mass is 349 g/mol. The number of ether oxygens (including phenoxy) is 2. The van der Waals surface area contributed by atoms with E-state index in [-0.39, 0.29) is 4.91 Å². The number of aromatic nitrogens is 3. The summed E-state index contributed by atoms with van der Waals surface area (Å²) in [7, 11) is 3.07. The highest BCUT2D eigenvalue weighted by molar-refractivity contribution is 8.04. The van der Waals surface area contributed by atoms with Gasteiger partial charge in [-0.05, 0) is 42.5 Å². The van der Waals surface area contributed by atoms with Gasteiger partial charge in [0.15, 0.2) is 0 Å². The maximum Gasteiger partial charge on any atom is 0.342 e. The Hall–Kier alpha value is -2.48. The number of hydrogen-bond donors (Lipinski definition) is 2. The second-order valence-electron chi connectivity index (χ2n) is 4.84. The summed E-state index contributed by atoms with van der Waals surface area (Å²) in [6.07, 6.45) is 3.22. The number of aromatic amines is 1. The molecular formula is C16H19N3O4S. The zero-order valence-electron chi connectivity index (χ0n) is 13.7. The fourth-order valence-corrected chi connectivity index (χ4v) is 2.72. The molecule has 2 N–H and O–H groups in total. The molecule has 0 aliphatic heterocycles. The number of carbonyl (C=O) groups is 1. The summed E-state index contributed by atoms with van der Waals surface area (Å²) in [5.41, 5.74) is 0.603. The highest BCUT2D eigenvalue weighted by Gasteiger charge is 2.15. The summed E-state index contributed by atoms with van der Waals surface area (Å²) in [5, 5.41) is 16.7. The lowest BCUT2D eigenvalue weighted by Crippen LogP contribution is -1.98. The van der Waals surface area contributed by atoms with Crippen molar-refractivity contribution in [3.05, 3.63) is 34.5 Å². The van der Waals surface area contributed by atoms with Crippen molar-refractivity contribution in [2.45, 2.75) is 24.9 Å². The molecule has 0 spiro atoms. The first-order chi connectivity index (χ1) is 11.6. The second kappa shape index (κ2) is 8.39. The number of aliphatic carboxylic acids is 1. The SMILES string of the molecule is CCCc1nc(S/C(=C\c2cc(OC)ccc2OC)C(=O)O)n[nH]1. The average Bonchev–Trinajstić information content (AvgIpc) is 3.01. The predicted octanol–water partition coefficient (Wildman–Crippen LogP) is 2.99. The van der Waals surface area contributed by atoms with E-state index in [9.17, 15) is 9.90 Å². The van der Waals surface area contributed by atoms with Crippen LogP contribution in [0.15, 0.2) is 28.3 Å². The summed E-state index contributed by atoms with van der Waals surface area (Å²) >= 11 is 0.983. The Morgan fingerprint density at radius 1 is 1.38 bits per heavy atom. The fourth-order valence-electron chi connectivity index (χ4n) is 2.00. The molecule has 0 saturated heterocycles. The van der Waals surface area contributed by atoms with Gasteiger partial charge in [0.25, 0.3) is 0 Å². The number of hydrogen-bond acceptors (Lipinski definition) is 6. The Morgan fingerprint density at radius 2 is 2.17 bits per heavy atom. The third-order valence-electron chi connectivity index (χ3n) is 3.13. The van der Waals surface area contributed by atoms with Crippen LogP contribution in [0.4, 0.5) is 0 Å². The lowest BCUT2D eigenvalue weighted by Gasteiger charge is -2.08. The molecule has 8 heteroatoms. The van der Waals surface area contributed by atoms with E-state index in [1.54, 1.807) is 25.3 Å². The van der Waals surface area contributed by atoms with Crippen molar-refractivity contribution in [1.29, 1.82) is 0 Å². The maximum absolute atomic E-state index is 11.6. The minimum absolute atomic E-state index is 0.0867. The van der Waals surface area contributed by atoms with Gasteiger partial charge in [-0.1, -0.05) is 6.92 Å². The number of benzene rings is 1. The van der Waals surface area contributed by atoms with Gasteiger partial charge in [-0.2, -0.15) is 0 Å². The quantitative estimate of drug-likeness (QED) is 0.558. The Morgan fingerprint density at radius 3 is 2.79 bits per heavy atom. The minimum Gasteiger partial charge on any atom is -0.497 e. The molecule has 0 unspecified atom stereocenters. The standard InChI is InChI=1S/C16H19N3O4S/c1-4-5-14-17-16(19-18-14)24-13(15(20)21)9-10-8-11(22-2)6-7-12(10)23-3/h6-9H,4-5H2,1-3H3,(H,20,21)(H,17,18,19)/b13-9-. The van der Waals surface area contributed by atoms with Gasteiger partial charge in [-0.15, -0.1) is 5.10 Å². The first kappa shape index (κ1) is 17.9. The molecular weight excluding hydrogens is 330 g/mol. The van der Waals surface area contributed by atoms with Gasteiger partial charge in [-0.3, -0.25) is 5.10 Å². The van der Waals surface area contributed by atoms with Crippen molar-refractivity contribution >= 4 is 23.8 Å². The highest BCUT2D eigenvalue weighted by atomic mass is 32.2. The molecule has 128 valence electrons. The molecule has 0 aliphatic carbocycles. The van der Waals surface area contributed by atoms with Crippen LogP contribution < -0.4 is 9.47 Å². The van der Waals surface area contributed by atoms with Crippen LogP contribution in [0.3, 0.4) is 0 Å². The lowest BCUT2D eigenvalue weighted by atomic mass is 10.1. The summed E-state index contributed by atoms with van der Waals surface area (Å²) < 4.78 is 10.4. The van der Waals surface area contributed by atoms with Gasteiger partial charge in [0.05, 0.1) is 14.2 Å². The number of thioether (sulfide) groups is 1. The second-order valence-corrected chi connectivity index (χ2v) is 5.85. The van der Waals surface area contributed by atoms with Crippen LogP contribution in [0.2, 0.25) is 0 Å². The molecule has 0 bridgehead atoms. The summed E-state index contributed by atoms with van der Waals surface area (Å²) in [6.45, 7) is 2.03. The highest BCUT2D eigenvalue weighted by Crippen LogP contribution is 2.31. The van der Waals surface area contributed by atoms with Crippen LogP contribution in [0.1, 0.15) is 24.7 Å². The van der Waals surface area contributed by atoms with E-state index in [4.69, 9.17) is 9.47 Å². The zero-order chi connectivity index (χ0) is 17.5. The van der Waals surface area contributed by atoms with Crippen LogP contribution in [-0.4, -0.2) is 40.5 Å². The number of aryl methyl sites for hydroxylation is 1. The molecule has 7 nitrogen and oxygen atoms in total. The van der Waals surface area contributed by atoms with Crippen molar-refractivity contribution in [1.82, 2.24) is 15.2 Å². The first-order valence-corrected chi connectivity index (χ1v) is 8.15. The molecule has 0 fully saturated rings. The lowest BCUT2D eigenvalue weighted by molar-refractivity contribution is -0.131. The van der Waals surface area contributed by atoms with E-state index in [0.29, 0.717) is 22.2 Å². The number of H-pyrrole nitrogens is 1. The average molecular weight is 349 g/mol. The van der Waals surface area contributed by atoms with Crippen molar-refractivity contribution in [3.8, 4) is 11.5 Å². The molecule has 0 saturated carbocycles. The van der Waals surface area contributed by atoms with E-state index >= 15 is 0 Å². The molecule has 1 aromatic carbocycles. The number of nitrogens with zero attached hydrogens (tertiary/aromatic N) is 2. The zero-order valence-corrected chi connectivity index (χ0v) is 14.5. The summed E-state index contributed by atoms with van der Waals surface area (Å²) in [6, 6.07) is 5.18. The van der Waals surface area contributed by atoms with Gasteiger partial charge in [0.1, 0.15) is 22.2 Å². The normalized spacial score (nSPS) is 11.4. The van der Waals surface area contributed by atoms with Crippen LogP contribution in [0.25, 0.3) is 6.08 Å². The number of rotatable bonds is 8. The van der Waals surface area contributed by atoms with E-state index < -0.39 is 5.97 Å². The number of nitrogens with one attached hydrogen (secondary N) is 1. The summed E-state index contributed by atoms with van der Waals surface area (Å²) in [5.74, 6) is 0.840. The predicted molar refractivity (Wildman–Crippen MR) is 91.4 cm³/mol. The largest absolute Gasteiger partial charge is 0.497 e. The first-order valence-electron chi connectivity index (χ1n) is 7.33. The van der Waals surface area contributed by atoms with Crippen molar-refractivity contribution in [3.63, 3.8) is 0 Å². The third kappa shape index (κ3) is 4.51. The van der Waals surface area contributed by atoms with Gasteiger partial charge >= 0.3 is 5.97 Å².